The quantitative estimate of drug-likeness (QED) is 0.866. The van der Waals surface area contributed by atoms with Crippen LogP contribution in [-0.4, -0.2) is 18.2 Å². The summed E-state index contributed by atoms with van der Waals surface area (Å²) in [6.45, 7) is 1.66. The predicted octanol–water partition coefficient (Wildman–Crippen LogP) is 2.96. The van der Waals surface area contributed by atoms with E-state index in [-0.39, 0.29) is 5.56 Å². The van der Waals surface area contributed by atoms with Crippen LogP contribution in [0, 0.1) is 6.92 Å². The number of carboxylic acids is 1. The SMILES string of the molecule is COc1ccc(C(F)(F)CCC(=O)O)cc1C. The number of methoxy groups -OCH3 is 1. The zero-order valence-electron chi connectivity index (χ0n) is 9.67. The van der Waals surface area contributed by atoms with Gasteiger partial charge in [0.25, 0.3) is 5.92 Å². The highest BCUT2D eigenvalue weighted by molar-refractivity contribution is 5.66. The number of benzene rings is 1. The smallest absolute Gasteiger partial charge is 0.303 e. The lowest BCUT2D eigenvalue weighted by molar-refractivity contribution is -0.139. The fourth-order valence-corrected chi connectivity index (χ4v) is 1.51. The van der Waals surface area contributed by atoms with E-state index < -0.39 is 24.7 Å². The molecule has 0 aliphatic heterocycles. The monoisotopic (exact) mass is 244 g/mol. The van der Waals surface area contributed by atoms with E-state index >= 15 is 0 Å². The van der Waals surface area contributed by atoms with Gasteiger partial charge >= 0.3 is 5.97 Å². The molecule has 0 saturated heterocycles. The number of aliphatic carboxylic acids is 1. The minimum absolute atomic E-state index is 0.183. The molecule has 94 valence electrons. The van der Waals surface area contributed by atoms with E-state index in [4.69, 9.17) is 9.84 Å². The predicted molar refractivity (Wildman–Crippen MR) is 58.5 cm³/mol. The van der Waals surface area contributed by atoms with Crippen molar-refractivity contribution in [2.45, 2.75) is 25.7 Å². The van der Waals surface area contributed by atoms with Crippen LogP contribution in [0.5, 0.6) is 5.75 Å². The van der Waals surface area contributed by atoms with Gasteiger partial charge in [-0.05, 0) is 30.7 Å². The van der Waals surface area contributed by atoms with Crippen LogP contribution in [0.1, 0.15) is 24.0 Å². The topological polar surface area (TPSA) is 46.5 Å². The summed E-state index contributed by atoms with van der Waals surface area (Å²) in [5.41, 5.74) is 0.414. The van der Waals surface area contributed by atoms with Crippen molar-refractivity contribution in [2.75, 3.05) is 7.11 Å². The first kappa shape index (κ1) is 13.4. The third-order valence-electron chi connectivity index (χ3n) is 2.47. The highest BCUT2D eigenvalue weighted by Gasteiger charge is 2.32. The molecule has 0 bridgehead atoms. The van der Waals surface area contributed by atoms with E-state index in [2.05, 4.69) is 0 Å². The molecule has 0 aliphatic carbocycles. The van der Waals surface area contributed by atoms with E-state index in [1.54, 1.807) is 6.92 Å². The molecule has 0 atom stereocenters. The van der Waals surface area contributed by atoms with Gasteiger partial charge in [0, 0.05) is 12.0 Å². The Morgan fingerprint density at radius 3 is 2.59 bits per heavy atom. The second-order valence-corrected chi connectivity index (χ2v) is 3.78. The molecule has 0 heterocycles. The Balaban J connectivity index is 2.90. The Labute approximate surface area is 98.0 Å². The number of hydrogen-bond donors (Lipinski definition) is 1. The van der Waals surface area contributed by atoms with Crippen molar-refractivity contribution in [2.24, 2.45) is 0 Å². The normalized spacial score (nSPS) is 11.3. The van der Waals surface area contributed by atoms with Crippen LogP contribution in [0.15, 0.2) is 18.2 Å². The van der Waals surface area contributed by atoms with E-state index in [0.717, 1.165) is 0 Å². The molecule has 1 aromatic carbocycles. The number of ether oxygens (including phenoxy) is 1. The Kier molecular flexibility index (Phi) is 4.04. The summed E-state index contributed by atoms with van der Waals surface area (Å²) in [6.07, 6.45) is -1.26. The molecule has 0 aliphatic rings. The molecular weight excluding hydrogens is 230 g/mol. The molecule has 0 spiro atoms. The van der Waals surface area contributed by atoms with Crippen LogP contribution in [0.3, 0.4) is 0 Å². The summed E-state index contributed by atoms with van der Waals surface area (Å²) in [4.78, 5) is 10.3. The fraction of sp³-hybridized carbons (Fsp3) is 0.417. The van der Waals surface area contributed by atoms with Gasteiger partial charge in [0.05, 0.1) is 13.5 Å². The maximum Gasteiger partial charge on any atom is 0.303 e. The minimum Gasteiger partial charge on any atom is -0.496 e. The molecule has 0 saturated carbocycles. The van der Waals surface area contributed by atoms with Crippen molar-refractivity contribution in [3.63, 3.8) is 0 Å². The maximum atomic E-state index is 13.6. The van der Waals surface area contributed by atoms with Crippen molar-refractivity contribution in [1.29, 1.82) is 0 Å². The third-order valence-corrected chi connectivity index (χ3v) is 2.47. The van der Waals surface area contributed by atoms with Crippen molar-refractivity contribution in [3.8, 4) is 5.75 Å². The standard InChI is InChI=1S/C12H14F2O3/c1-8-7-9(3-4-10(8)17-2)12(13,14)6-5-11(15)16/h3-4,7H,5-6H2,1-2H3,(H,15,16). The molecule has 5 heteroatoms. The molecule has 1 rings (SSSR count). The molecule has 0 amide bonds. The fourth-order valence-electron chi connectivity index (χ4n) is 1.51. The highest BCUT2D eigenvalue weighted by atomic mass is 19.3. The summed E-state index contributed by atoms with van der Waals surface area (Å²) in [5, 5.41) is 8.41. The van der Waals surface area contributed by atoms with E-state index in [0.29, 0.717) is 11.3 Å². The van der Waals surface area contributed by atoms with Gasteiger partial charge in [-0.15, -0.1) is 0 Å². The van der Waals surface area contributed by atoms with Crippen LogP contribution in [0.4, 0.5) is 8.78 Å². The molecular formula is C12H14F2O3. The number of alkyl halides is 2. The average Bonchev–Trinajstić information content (AvgIpc) is 2.26. The van der Waals surface area contributed by atoms with Gasteiger partial charge < -0.3 is 9.84 Å². The van der Waals surface area contributed by atoms with Gasteiger partial charge in [0.1, 0.15) is 5.75 Å². The Morgan fingerprint density at radius 2 is 2.12 bits per heavy atom. The molecule has 3 nitrogen and oxygen atoms in total. The van der Waals surface area contributed by atoms with E-state index in [1.807, 2.05) is 0 Å². The molecule has 0 aromatic heterocycles. The Morgan fingerprint density at radius 1 is 1.47 bits per heavy atom. The van der Waals surface area contributed by atoms with Crippen molar-refractivity contribution < 1.29 is 23.4 Å². The summed E-state index contributed by atoms with van der Waals surface area (Å²) in [5.74, 6) is -3.83. The molecule has 17 heavy (non-hydrogen) atoms. The lowest BCUT2D eigenvalue weighted by Gasteiger charge is -2.17. The maximum absolute atomic E-state index is 13.6. The third kappa shape index (κ3) is 3.41. The second kappa shape index (κ2) is 5.12. The van der Waals surface area contributed by atoms with Crippen LogP contribution in [0.25, 0.3) is 0 Å². The number of rotatable bonds is 5. The van der Waals surface area contributed by atoms with Gasteiger partial charge in [-0.1, -0.05) is 0 Å². The van der Waals surface area contributed by atoms with E-state index in [9.17, 15) is 13.6 Å². The number of hydrogen-bond acceptors (Lipinski definition) is 2. The van der Waals surface area contributed by atoms with Gasteiger partial charge in [-0.25, -0.2) is 8.78 Å². The summed E-state index contributed by atoms with van der Waals surface area (Å²) in [6, 6.07) is 4.04. The van der Waals surface area contributed by atoms with Crippen molar-refractivity contribution in [3.05, 3.63) is 29.3 Å². The summed E-state index contributed by atoms with van der Waals surface area (Å²) < 4.78 is 32.2. The van der Waals surface area contributed by atoms with Gasteiger partial charge in [0.2, 0.25) is 0 Å². The second-order valence-electron chi connectivity index (χ2n) is 3.78. The highest BCUT2D eigenvalue weighted by Crippen LogP contribution is 2.35. The zero-order valence-corrected chi connectivity index (χ0v) is 9.67. The molecule has 1 N–H and O–H groups in total. The molecule has 0 fully saturated rings. The Hall–Kier alpha value is -1.65. The van der Waals surface area contributed by atoms with Crippen LogP contribution in [-0.2, 0) is 10.7 Å². The number of carbonyl (C=O) groups is 1. The lowest BCUT2D eigenvalue weighted by Crippen LogP contribution is -2.15. The first-order valence-electron chi connectivity index (χ1n) is 5.11. The van der Waals surface area contributed by atoms with Crippen LogP contribution >= 0.6 is 0 Å². The lowest BCUT2D eigenvalue weighted by atomic mass is 10.0. The molecule has 0 unspecified atom stereocenters. The van der Waals surface area contributed by atoms with Crippen LogP contribution < -0.4 is 4.74 Å². The van der Waals surface area contributed by atoms with Gasteiger partial charge in [-0.3, -0.25) is 4.79 Å². The number of aryl methyl sites for hydroxylation is 1. The van der Waals surface area contributed by atoms with Crippen LogP contribution in [0.2, 0.25) is 0 Å². The first-order valence-corrected chi connectivity index (χ1v) is 5.11. The van der Waals surface area contributed by atoms with E-state index in [1.165, 1.54) is 25.3 Å². The number of halogens is 2. The largest absolute Gasteiger partial charge is 0.496 e. The first-order chi connectivity index (χ1) is 7.86. The Bertz CT molecular complexity index is 416. The van der Waals surface area contributed by atoms with Crippen molar-refractivity contribution >= 4 is 5.97 Å². The minimum atomic E-state index is -3.13. The number of carboxylic acid groups (broad SMARTS) is 1. The summed E-state index contributed by atoms with van der Waals surface area (Å²) in [7, 11) is 1.46. The summed E-state index contributed by atoms with van der Waals surface area (Å²) >= 11 is 0. The molecule has 0 radical (unpaired) electrons. The molecule has 1 aromatic rings. The zero-order chi connectivity index (χ0) is 13.1. The van der Waals surface area contributed by atoms with Gasteiger partial charge in [-0.2, -0.15) is 0 Å². The average molecular weight is 244 g/mol. The van der Waals surface area contributed by atoms with Crippen molar-refractivity contribution in [1.82, 2.24) is 0 Å². The van der Waals surface area contributed by atoms with Gasteiger partial charge in [0.15, 0.2) is 0 Å².